The van der Waals surface area contributed by atoms with Crippen molar-refractivity contribution >= 4 is 29.4 Å². The molecule has 0 saturated carbocycles. The van der Waals surface area contributed by atoms with E-state index in [1.54, 1.807) is 20.8 Å². The molecule has 0 bridgehead atoms. The number of nitrogens with one attached hydrogen (secondary N) is 2. The van der Waals surface area contributed by atoms with Crippen molar-refractivity contribution in [2.24, 2.45) is 0 Å². The van der Waals surface area contributed by atoms with E-state index in [0.717, 1.165) is 48.0 Å². The molecule has 1 aliphatic rings. The van der Waals surface area contributed by atoms with Gasteiger partial charge in [0.1, 0.15) is 11.6 Å². The van der Waals surface area contributed by atoms with E-state index < -0.39 is 17.7 Å². The van der Waals surface area contributed by atoms with E-state index in [1.807, 2.05) is 60.3 Å². The van der Waals surface area contributed by atoms with Gasteiger partial charge in [0.2, 0.25) is 5.91 Å². The van der Waals surface area contributed by atoms with Gasteiger partial charge in [0, 0.05) is 43.2 Å². The summed E-state index contributed by atoms with van der Waals surface area (Å²) in [6.07, 6.45) is -0.234. The van der Waals surface area contributed by atoms with Gasteiger partial charge >= 0.3 is 6.09 Å². The normalized spacial score (nSPS) is 15.6. The molecule has 0 spiro atoms. The largest absolute Gasteiger partial charge is 0.444 e. The molecular formula is C25H33N3O3S. The van der Waals surface area contributed by atoms with Crippen molar-refractivity contribution in [2.45, 2.75) is 45.4 Å². The fourth-order valence-electron chi connectivity index (χ4n) is 3.50. The number of hydrogen-bond donors (Lipinski definition) is 2. The summed E-state index contributed by atoms with van der Waals surface area (Å²) in [4.78, 5) is 27.9. The fraction of sp³-hybridized carbons (Fsp3) is 0.440. The first-order chi connectivity index (χ1) is 15.3. The number of nitrogens with zero attached hydrogens (tertiary/aromatic N) is 1. The number of amides is 2. The monoisotopic (exact) mass is 455 g/mol. The Morgan fingerprint density at radius 1 is 1.03 bits per heavy atom. The van der Waals surface area contributed by atoms with E-state index in [9.17, 15) is 9.59 Å². The highest BCUT2D eigenvalue weighted by atomic mass is 32.2. The topological polar surface area (TPSA) is 70.7 Å². The van der Waals surface area contributed by atoms with Crippen molar-refractivity contribution in [3.8, 4) is 0 Å². The highest BCUT2D eigenvalue weighted by molar-refractivity contribution is 7.99. The van der Waals surface area contributed by atoms with E-state index in [4.69, 9.17) is 4.74 Å². The van der Waals surface area contributed by atoms with E-state index in [-0.39, 0.29) is 5.91 Å². The molecule has 172 valence electrons. The van der Waals surface area contributed by atoms with Crippen molar-refractivity contribution in [3.63, 3.8) is 0 Å². The van der Waals surface area contributed by atoms with Crippen LogP contribution in [0.25, 0.3) is 0 Å². The van der Waals surface area contributed by atoms with Gasteiger partial charge < -0.3 is 15.4 Å². The van der Waals surface area contributed by atoms with Crippen LogP contribution in [0.5, 0.6) is 0 Å². The fourth-order valence-corrected chi connectivity index (χ4v) is 4.48. The second kappa shape index (κ2) is 11.4. The first-order valence-corrected chi connectivity index (χ1v) is 12.2. The zero-order valence-corrected chi connectivity index (χ0v) is 19.9. The maximum atomic E-state index is 13.1. The maximum Gasteiger partial charge on any atom is 0.408 e. The molecule has 6 nitrogen and oxygen atoms in total. The van der Waals surface area contributed by atoms with Gasteiger partial charge in [0.05, 0.1) is 0 Å². The molecule has 7 heteroatoms. The molecular weight excluding hydrogens is 422 g/mol. The molecule has 32 heavy (non-hydrogen) atoms. The summed E-state index contributed by atoms with van der Waals surface area (Å²) < 4.78 is 5.37. The number of rotatable bonds is 7. The molecule has 2 N–H and O–H groups in total. The van der Waals surface area contributed by atoms with Crippen LogP contribution in [0.15, 0.2) is 54.6 Å². The van der Waals surface area contributed by atoms with Gasteiger partial charge in [-0.25, -0.2) is 4.79 Å². The Morgan fingerprint density at radius 3 is 2.41 bits per heavy atom. The summed E-state index contributed by atoms with van der Waals surface area (Å²) >= 11 is 1.99. The van der Waals surface area contributed by atoms with E-state index in [1.165, 1.54) is 0 Å². The third-order valence-corrected chi connectivity index (χ3v) is 5.94. The first kappa shape index (κ1) is 24.1. The SMILES string of the molecule is CC(C)(C)OC(=O)NC(Cc1ccccc1)C(=O)Nc1cccc(CN2CCSCC2)c1. The van der Waals surface area contributed by atoms with Gasteiger partial charge in [-0.1, -0.05) is 42.5 Å². The molecule has 0 aromatic heterocycles. The number of thioether (sulfide) groups is 1. The van der Waals surface area contributed by atoms with Crippen LogP contribution < -0.4 is 10.6 Å². The zero-order valence-electron chi connectivity index (χ0n) is 19.1. The third kappa shape index (κ3) is 8.20. The first-order valence-electron chi connectivity index (χ1n) is 11.0. The molecule has 0 aliphatic carbocycles. The van der Waals surface area contributed by atoms with E-state index in [2.05, 4.69) is 21.6 Å². The van der Waals surface area contributed by atoms with Crippen LogP contribution in [-0.2, 0) is 22.5 Å². The lowest BCUT2D eigenvalue weighted by Crippen LogP contribution is -2.47. The average molecular weight is 456 g/mol. The molecule has 1 saturated heterocycles. The number of hydrogen-bond acceptors (Lipinski definition) is 5. The van der Waals surface area contributed by atoms with Crippen LogP contribution in [0.1, 0.15) is 31.9 Å². The molecule has 1 fully saturated rings. The number of benzene rings is 2. The maximum absolute atomic E-state index is 13.1. The van der Waals surface area contributed by atoms with Gasteiger partial charge in [-0.05, 0) is 44.0 Å². The Hall–Kier alpha value is -2.51. The van der Waals surface area contributed by atoms with Crippen LogP contribution >= 0.6 is 11.8 Å². The van der Waals surface area contributed by atoms with Crippen molar-refractivity contribution in [3.05, 3.63) is 65.7 Å². The summed E-state index contributed by atoms with van der Waals surface area (Å²) in [6.45, 7) is 8.43. The number of alkyl carbamates (subject to hydrolysis) is 1. The Balaban J connectivity index is 1.68. The van der Waals surface area contributed by atoms with Gasteiger partial charge in [-0.2, -0.15) is 11.8 Å². The van der Waals surface area contributed by atoms with Gasteiger partial charge in [-0.3, -0.25) is 9.69 Å². The molecule has 1 unspecified atom stereocenters. The average Bonchev–Trinajstić information content (AvgIpc) is 2.74. The predicted molar refractivity (Wildman–Crippen MR) is 131 cm³/mol. The molecule has 3 rings (SSSR count). The van der Waals surface area contributed by atoms with E-state index in [0.29, 0.717) is 6.42 Å². The molecule has 1 heterocycles. The zero-order chi connectivity index (χ0) is 23.0. The molecule has 2 aromatic rings. The van der Waals surface area contributed by atoms with Crippen LogP contribution in [-0.4, -0.2) is 53.1 Å². The standard InChI is InChI=1S/C25H33N3O3S/c1-25(2,3)31-24(30)27-22(17-19-8-5-4-6-9-19)23(29)26-21-11-7-10-20(16-21)18-28-12-14-32-15-13-28/h4-11,16,22H,12-15,17-18H2,1-3H3,(H,26,29)(H,27,30). The van der Waals surface area contributed by atoms with E-state index >= 15 is 0 Å². The van der Waals surface area contributed by atoms with Crippen molar-refractivity contribution in [1.29, 1.82) is 0 Å². The third-order valence-electron chi connectivity index (χ3n) is 4.99. The minimum absolute atomic E-state index is 0.272. The second-order valence-corrected chi connectivity index (χ2v) is 10.2. The van der Waals surface area contributed by atoms with Crippen LogP contribution in [0.2, 0.25) is 0 Å². The smallest absolute Gasteiger partial charge is 0.408 e. The number of anilines is 1. The minimum Gasteiger partial charge on any atom is -0.444 e. The lowest BCUT2D eigenvalue weighted by Gasteiger charge is -2.26. The van der Waals surface area contributed by atoms with Gasteiger partial charge in [0.15, 0.2) is 0 Å². The summed E-state index contributed by atoms with van der Waals surface area (Å²) in [5.41, 5.74) is 2.21. The molecule has 1 atom stereocenters. The summed E-state index contributed by atoms with van der Waals surface area (Å²) in [5.74, 6) is 2.05. The molecule has 0 radical (unpaired) electrons. The Morgan fingerprint density at radius 2 is 1.72 bits per heavy atom. The summed E-state index contributed by atoms with van der Waals surface area (Å²) in [5, 5.41) is 5.71. The number of ether oxygens (including phenoxy) is 1. The highest BCUT2D eigenvalue weighted by Gasteiger charge is 2.25. The molecule has 1 aliphatic heterocycles. The van der Waals surface area contributed by atoms with Crippen LogP contribution in [0.4, 0.5) is 10.5 Å². The molecule has 2 amide bonds. The Bertz CT molecular complexity index is 893. The lowest BCUT2D eigenvalue weighted by molar-refractivity contribution is -0.118. The number of carbonyl (C=O) groups is 2. The van der Waals surface area contributed by atoms with Crippen molar-refractivity contribution in [2.75, 3.05) is 29.9 Å². The summed E-state index contributed by atoms with van der Waals surface area (Å²) in [6, 6.07) is 16.8. The Labute approximate surface area is 195 Å². The van der Waals surface area contributed by atoms with Crippen molar-refractivity contribution < 1.29 is 14.3 Å². The van der Waals surface area contributed by atoms with Gasteiger partial charge in [0.25, 0.3) is 0 Å². The van der Waals surface area contributed by atoms with Gasteiger partial charge in [-0.15, -0.1) is 0 Å². The summed E-state index contributed by atoms with van der Waals surface area (Å²) in [7, 11) is 0. The predicted octanol–water partition coefficient (Wildman–Crippen LogP) is 4.31. The highest BCUT2D eigenvalue weighted by Crippen LogP contribution is 2.17. The lowest BCUT2D eigenvalue weighted by atomic mass is 10.1. The van der Waals surface area contributed by atoms with Crippen molar-refractivity contribution in [1.82, 2.24) is 10.2 Å². The quantitative estimate of drug-likeness (QED) is 0.651. The molecule has 2 aromatic carbocycles. The van der Waals surface area contributed by atoms with Crippen LogP contribution in [0.3, 0.4) is 0 Å². The number of carbonyl (C=O) groups excluding carboxylic acids is 2. The second-order valence-electron chi connectivity index (χ2n) is 8.97. The van der Waals surface area contributed by atoms with Crippen LogP contribution in [0, 0.1) is 0 Å². The minimum atomic E-state index is -0.755. The Kier molecular flexibility index (Phi) is 8.59.